The number of non-ortho nitro benzene ring substituents is 1. The van der Waals surface area contributed by atoms with Gasteiger partial charge in [-0.1, -0.05) is 36.4 Å². The highest BCUT2D eigenvalue weighted by Gasteiger charge is 2.33. The molecule has 0 bridgehead atoms. The molecule has 0 radical (unpaired) electrons. The van der Waals surface area contributed by atoms with Gasteiger partial charge >= 0.3 is 0 Å². The van der Waals surface area contributed by atoms with E-state index in [0.717, 1.165) is 11.3 Å². The fourth-order valence-electron chi connectivity index (χ4n) is 3.50. The third kappa shape index (κ3) is 7.06. The Hall–Kier alpha value is -3.47. The first-order chi connectivity index (χ1) is 17.9. The van der Waals surface area contributed by atoms with Gasteiger partial charge in [0.15, 0.2) is 5.17 Å². The van der Waals surface area contributed by atoms with Crippen LogP contribution in [0.5, 0.6) is 5.75 Å². The van der Waals surface area contributed by atoms with Crippen molar-refractivity contribution < 1.29 is 19.2 Å². The minimum absolute atomic E-state index is 0.0198. The number of amidine groups is 1. The summed E-state index contributed by atoms with van der Waals surface area (Å²) in [7, 11) is 0. The summed E-state index contributed by atoms with van der Waals surface area (Å²) in [5, 5.41) is 11.6. The number of amides is 1. The second-order valence-electron chi connectivity index (χ2n) is 7.90. The Labute approximate surface area is 227 Å². The Morgan fingerprint density at radius 1 is 1.11 bits per heavy atom. The molecule has 3 aromatic carbocycles. The summed E-state index contributed by atoms with van der Waals surface area (Å²) in [5.74, 6) is 0.463. The van der Waals surface area contributed by atoms with E-state index in [-0.39, 0.29) is 18.2 Å². The normalized spacial score (nSPS) is 15.5. The summed E-state index contributed by atoms with van der Waals surface area (Å²) in [5.41, 5.74) is 2.30. The van der Waals surface area contributed by atoms with Crippen molar-refractivity contribution in [2.75, 3.05) is 19.8 Å². The van der Waals surface area contributed by atoms with Crippen LogP contribution in [0.15, 0.2) is 87.2 Å². The Kier molecular flexibility index (Phi) is 9.10. The number of nitro benzene ring substituents is 1. The first-order valence-electron chi connectivity index (χ1n) is 11.5. The van der Waals surface area contributed by atoms with Crippen LogP contribution in [0.3, 0.4) is 0 Å². The van der Waals surface area contributed by atoms with Gasteiger partial charge in [0.25, 0.3) is 11.6 Å². The van der Waals surface area contributed by atoms with Crippen LogP contribution in [-0.2, 0) is 16.1 Å². The van der Waals surface area contributed by atoms with Gasteiger partial charge in [-0.05, 0) is 76.1 Å². The van der Waals surface area contributed by atoms with Crippen LogP contribution in [0.2, 0.25) is 0 Å². The molecule has 0 saturated carbocycles. The number of para-hydroxylation sites is 1. The standard InChI is InChI=1S/C27H24BrN3O5S/c1-2-35-14-13-30-26(32)25(37-27(30)29-21-8-4-3-5-9-21)17-19-11-12-24(23(28)16-19)36-18-20-7-6-10-22(15-20)31(33)34/h3-12,15-17H,2,13-14,18H2,1H3/b25-17-,29-27?. The number of thioether (sulfide) groups is 1. The molecule has 4 rings (SSSR count). The molecule has 190 valence electrons. The Bertz CT molecular complexity index is 1350. The molecule has 10 heteroatoms. The van der Waals surface area contributed by atoms with Gasteiger partial charge < -0.3 is 9.47 Å². The molecule has 1 fully saturated rings. The van der Waals surface area contributed by atoms with Gasteiger partial charge in [0.2, 0.25) is 0 Å². The summed E-state index contributed by atoms with van der Waals surface area (Å²) >= 11 is 4.85. The minimum atomic E-state index is -0.433. The fourth-order valence-corrected chi connectivity index (χ4v) is 5.03. The number of rotatable bonds is 10. The first-order valence-corrected chi connectivity index (χ1v) is 13.1. The second-order valence-corrected chi connectivity index (χ2v) is 9.76. The predicted octanol–water partition coefficient (Wildman–Crippen LogP) is 6.58. The van der Waals surface area contributed by atoms with Gasteiger partial charge in [0.05, 0.1) is 33.1 Å². The lowest BCUT2D eigenvalue weighted by atomic mass is 10.2. The summed E-state index contributed by atoms with van der Waals surface area (Å²) in [6, 6.07) is 21.4. The molecular formula is C27H24BrN3O5S. The summed E-state index contributed by atoms with van der Waals surface area (Å²) < 4.78 is 12.0. The number of halogens is 1. The van der Waals surface area contributed by atoms with Gasteiger partial charge in [-0.25, -0.2) is 4.99 Å². The number of hydrogen-bond acceptors (Lipinski definition) is 7. The lowest BCUT2D eigenvalue weighted by molar-refractivity contribution is -0.384. The van der Waals surface area contributed by atoms with Crippen molar-refractivity contribution in [1.29, 1.82) is 0 Å². The zero-order valence-electron chi connectivity index (χ0n) is 20.0. The quantitative estimate of drug-likeness (QED) is 0.116. The Balaban J connectivity index is 1.50. The number of carbonyl (C=O) groups excluding carboxylic acids is 1. The molecule has 0 N–H and O–H groups in total. The summed E-state index contributed by atoms with van der Waals surface area (Å²) in [6.45, 7) is 3.51. The van der Waals surface area contributed by atoms with Crippen LogP contribution < -0.4 is 4.74 Å². The Morgan fingerprint density at radius 2 is 1.92 bits per heavy atom. The molecule has 37 heavy (non-hydrogen) atoms. The van der Waals surface area contributed by atoms with Gasteiger partial charge in [-0.2, -0.15) is 0 Å². The van der Waals surface area contributed by atoms with Crippen molar-refractivity contribution in [2.24, 2.45) is 4.99 Å². The maximum absolute atomic E-state index is 13.2. The summed E-state index contributed by atoms with van der Waals surface area (Å²) in [6.07, 6.45) is 1.82. The van der Waals surface area contributed by atoms with E-state index in [1.165, 1.54) is 23.9 Å². The van der Waals surface area contributed by atoms with E-state index < -0.39 is 4.92 Å². The number of ether oxygens (including phenoxy) is 2. The van der Waals surface area contributed by atoms with Crippen molar-refractivity contribution >= 4 is 56.2 Å². The zero-order valence-corrected chi connectivity index (χ0v) is 22.4. The summed E-state index contributed by atoms with van der Waals surface area (Å²) in [4.78, 5) is 30.6. The van der Waals surface area contributed by atoms with Crippen molar-refractivity contribution in [3.05, 3.63) is 103 Å². The molecule has 0 unspecified atom stereocenters. The van der Waals surface area contributed by atoms with Gasteiger partial charge in [-0.3, -0.25) is 19.8 Å². The maximum atomic E-state index is 13.2. The number of benzene rings is 3. The Morgan fingerprint density at radius 3 is 2.65 bits per heavy atom. The smallest absolute Gasteiger partial charge is 0.269 e. The highest BCUT2D eigenvalue weighted by molar-refractivity contribution is 9.10. The number of hydrogen-bond donors (Lipinski definition) is 0. The van der Waals surface area contributed by atoms with Crippen LogP contribution in [0.1, 0.15) is 18.1 Å². The van der Waals surface area contributed by atoms with E-state index in [1.54, 1.807) is 23.1 Å². The SMILES string of the molecule is CCOCCN1C(=O)/C(=C/c2ccc(OCc3cccc([N+](=O)[O-])c3)c(Br)c2)SC1=Nc1ccccc1. The van der Waals surface area contributed by atoms with Gasteiger partial charge in [0.1, 0.15) is 12.4 Å². The van der Waals surface area contributed by atoms with E-state index in [4.69, 9.17) is 9.47 Å². The fraction of sp³-hybridized carbons (Fsp3) is 0.185. The van der Waals surface area contributed by atoms with Crippen LogP contribution in [0.4, 0.5) is 11.4 Å². The third-order valence-electron chi connectivity index (χ3n) is 5.30. The first kappa shape index (κ1) is 26.6. The average molecular weight is 582 g/mol. The highest BCUT2D eigenvalue weighted by atomic mass is 79.9. The van der Waals surface area contributed by atoms with Crippen LogP contribution in [0.25, 0.3) is 6.08 Å². The van der Waals surface area contributed by atoms with Gasteiger partial charge in [0, 0.05) is 18.7 Å². The second kappa shape index (κ2) is 12.7. The molecule has 0 aromatic heterocycles. The number of nitro groups is 1. The number of aliphatic imine (C=N–C) groups is 1. The van der Waals surface area contributed by atoms with Crippen LogP contribution in [0, 0.1) is 10.1 Å². The number of carbonyl (C=O) groups is 1. The highest BCUT2D eigenvalue weighted by Crippen LogP contribution is 2.35. The molecule has 1 aliphatic heterocycles. The van der Waals surface area contributed by atoms with Crippen molar-refractivity contribution in [3.8, 4) is 5.75 Å². The predicted molar refractivity (Wildman–Crippen MR) is 149 cm³/mol. The minimum Gasteiger partial charge on any atom is -0.488 e. The molecule has 3 aromatic rings. The monoisotopic (exact) mass is 581 g/mol. The third-order valence-corrected chi connectivity index (χ3v) is 6.93. The van der Waals surface area contributed by atoms with E-state index in [0.29, 0.717) is 45.6 Å². The van der Waals surface area contributed by atoms with E-state index in [1.807, 2.05) is 55.5 Å². The van der Waals surface area contributed by atoms with Crippen molar-refractivity contribution in [2.45, 2.75) is 13.5 Å². The molecule has 0 aliphatic carbocycles. The molecule has 1 amide bonds. The lowest BCUT2D eigenvalue weighted by Gasteiger charge is -2.15. The lowest BCUT2D eigenvalue weighted by Crippen LogP contribution is -2.32. The molecule has 1 aliphatic rings. The molecule has 1 heterocycles. The van der Waals surface area contributed by atoms with Crippen molar-refractivity contribution in [3.63, 3.8) is 0 Å². The van der Waals surface area contributed by atoms with Crippen molar-refractivity contribution in [1.82, 2.24) is 4.90 Å². The van der Waals surface area contributed by atoms with E-state index >= 15 is 0 Å². The van der Waals surface area contributed by atoms with E-state index in [2.05, 4.69) is 20.9 Å². The molecule has 1 saturated heterocycles. The zero-order chi connectivity index (χ0) is 26.2. The molecule has 0 atom stereocenters. The number of nitrogens with zero attached hydrogens (tertiary/aromatic N) is 3. The van der Waals surface area contributed by atoms with Crippen LogP contribution in [-0.4, -0.2) is 40.7 Å². The molecular weight excluding hydrogens is 558 g/mol. The molecule has 8 nitrogen and oxygen atoms in total. The van der Waals surface area contributed by atoms with E-state index in [9.17, 15) is 14.9 Å². The molecule has 0 spiro atoms. The largest absolute Gasteiger partial charge is 0.488 e. The maximum Gasteiger partial charge on any atom is 0.269 e. The van der Waals surface area contributed by atoms with Gasteiger partial charge in [-0.15, -0.1) is 0 Å². The topological polar surface area (TPSA) is 94.3 Å². The average Bonchev–Trinajstić information content (AvgIpc) is 3.18. The van der Waals surface area contributed by atoms with Crippen LogP contribution >= 0.6 is 27.7 Å².